The van der Waals surface area contributed by atoms with Crippen molar-refractivity contribution < 1.29 is 0 Å². The fourth-order valence-corrected chi connectivity index (χ4v) is 2.53. The molecule has 5 nitrogen and oxygen atoms in total. The van der Waals surface area contributed by atoms with Gasteiger partial charge in [0.2, 0.25) is 0 Å². The van der Waals surface area contributed by atoms with Crippen LogP contribution in [0.15, 0.2) is 12.5 Å². The maximum Gasteiger partial charge on any atom is 0.136 e. The van der Waals surface area contributed by atoms with Crippen LogP contribution in [-0.2, 0) is 6.54 Å². The molecule has 0 aliphatic carbocycles. The number of rotatable bonds is 4. The Balaban J connectivity index is 2.16. The van der Waals surface area contributed by atoms with Gasteiger partial charge in [0.1, 0.15) is 12.1 Å². The summed E-state index contributed by atoms with van der Waals surface area (Å²) in [6.07, 6.45) is 4.74. The highest BCUT2D eigenvalue weighted by Crippen LogP contribution is 2.20. The van der Waals surface area contributed by atoms with Crippen LogP contribution in [0.3, 0.4) is 0 Å². The molecule has 5 heteroatoms. The number of aromatic nitrogens is 2. The van der Waals surface area contributed by atoms with E-state index in [0.717, 1.165) is 32.0 Å². The quantitative estimate of drug-likeness (QED) is 0.852. The number of hydrogen-bond acceptors (Lipinski definition) is 5. The SMILES string of the molecule is CCC1CN(c2ncncc2CNC)CCN1C. The third-order valence-electron chi connectivity index (χ3n) is 3.68. The summed E-state index contributed by atoms with van der Waals surface area (Å²) in [4.78, 5) is 13.4. The van der Waals surface area contributed by atoms with Gasteiger partial charge < -0.3 is 10.2 Å². The van der Waals surface area contributed by atoms with Gasteiger partial charge in [-0.2, -0.15) is 0 Å². The van der Waals surface area contributed by atoms with E-state index in [9.17, 15) is 0 Å². The summed E-state index contributed by atoms with van der Waals surface area (Å²) < 4.78 is 0. The van der Waals surface area contributed by atoms with E-state index in [-0.39, 0.29) is 0 Å². The van der Waals surface area contributed by atoms with E-state index in [1.165, 1.54) is 12.0 Å². The zero-order valence-electron chi connectivity index (χ0n) is 11.6. The Morgan fingerprint density at radius 3 is 3.00 bits per heavy atom. The van der Waals surface area contributed by atoms with E-state index >= 15 is 0 Å². The van der Waals surface area contributed by atoms with E-state index in [1.807, 2.05) is 13.2 Å². The minimum absolute atomic E-state index is 0.621. The normalized spacial score (nSPS) is 21.3. The third kappa shape index (κ3) is 2.79. The molecule has 0 bridgehead atoms. The molecular formula is C13H23N5. The Morgan fingerprint density at radius 1 is 1.44 bits per heavy atom. The van der Waals surface area contributed by atoms with Crippen LogP contribution in [-0.4, -0.2) is 54.6 Å². The van der Waals surface area contributed by atoms with Gasteiger partial charge in [-0.1, -0.05) is 6.92 Å². The van der Waals surface area contributed by atoms with Crippen molar-refractivity contribution in [3.8, 4) is 0 Å². The first-order chi connectivity index (χ1) is 8.76. The first kappa shape index (κ1) is 13.2. The molecule has 1 aromatic heterocycles. The number of piperazine rings is 1. The topological polar surface area (TPSA) is 44.3 Å². The molecule has 0 aromatic carbocycles. The van der Waals surface area contributed by atoms with Crippen molar-refractivity contribution in [3.05, 3.63) is 18.1 Å². The van der Waals surface area contributed by atoms with Crippen LogP contribution in [0.4, 0.5) is 5.82 Å². The molecule has 0 saturated carbocycles. The summed E-state index contributed by atoms with van der Waals surface area (Å²) in [5.74, 6) is 1.09. The molecule has 1 atom stereocenters. The molecule has 18 heavy (non-hydrogen) atoms. The first-order valence-corrected chi connectivity index (χ1v) is 6.65. The second-order valence-electron chi connectivity index (χ2n) is 4.89. The molecule has 2 rings (SSSR count). The van der Waals surface area contributed by atoms with E-state index in [2.05, 4.69) is 39.1 Å². The molecule has 2 heterocycles. The number of anilines is 1. The van der Waals surface area contributed by atoms with Crippen LogP contribution in [0.1, 0.15) is 18.9 Å². The van der Waals surface area contributed by atoms with Crippen LogP contribution in [0.5, 0.6) is 0 Å². The maximum absolute atomic E-state index is 4.47. The average molecular weight is 249 g/mol. The lowest BCUT2D eigenvalue weighted by Gasteiger charge is -2.40. The summed E-state index contributed by atoms with van der Waals surface area (Å²) in [5.41, 5.74) is 1.18. The Labute approximate surface area is 109 Å². The number of hydrogen-bond donors (Lipinski definition) is 1. The minimum atomic E-state index is 0.621. The smallest absolute Gasteiger partial charge is 0.136 e. The molecule has 1 unspecified atom stereocenters. The Morgan fingerprint density at radius 2 is 2.28 bits per heavy atom. The van der Waals surface area contributed by atoms with Crippen LogP contribution in [0, 0.1) is 0 Å². The molecule has 0 radical (unpaired) electrons. The van der Waals surface area contributed by atoms with Crippen molar-refractivity contribution in [2.24, 2.45) is 0 Å². The van der Waals surface area contributed by atoms with Gasteiger partial charge in [0.15, 0.2) is 0 Å². The van der Waals surface area contributed by atoms with Crippen LogP contribution in [0.25, 0.3) is 0 Å². The molecule has 1 saturated heterocycles. The molecule has 0 amide bonds. The highest BCUT2D eigenvalue weighted by atomic mass is 15.3. The van der Waals surface area contributed by atoms with Crippen LogP contribution in [0.2, 0.25) is 0 Å². The lowest BCUT2D eigenvalue weighted by Crippen LogP contribution is -2.51. The fraction of sp³-hybridized carbons (Fsp3) is 0.692. The summed E-state index contributed by atoms with van der Waals surface area (Å²) in [6, 6.07) is 0.621. The number of nitrogens with one attached hydrogen (secondary N) is 1. The lowest BCUT2D eigenvalue weighted by molar-refractivity contribution is 0.212. The molecule has 1 aliphatic heterocycles. The van der Waals surface area contributed by atoms with Crippen molar-refractivity contribution in [2.75, 3.05) is 38.6 Å². The van der Waals surface area contributed by atoms with Gasteiger partial charge in [-0.15, -0.1) is 0 Å². The second-order valence-corrected chi connectivity index (χ2v) is 4.89. The molecule has 1 fully saturated rings. The molecule has 1 aliphatic rings. The van der Waals surface area contributed by atoms with Crippen molar-refractivity contribution in [3.63, 3.8) is 0 Å². The van der Waals surface area contributed by atoms with Crippen molar-refractivity contribution >= 4 is 5.82 Å². The lowest BCUT2D eigenvalue weighted by atomic mass is 10.1. The van der Waals surface area contributed by atoms with Crippen molar-refractivity contribution in [1.29, 1.82) is 0 Å². The molecular weight excluding hydrogens is 226 g/mol. The molecule has 1 aromatic rings. The largest absolute Gasteiger partial charge is 0.353 e. The number of likely N-dealkylation sites (N-methyl/N-ethyl adjacent to an activating group) is 1. The van der Waals surface area contributed by atoms with Gasteiger partial charge in [-0.05, 0) is 20.5 Å². The van der Waals surface area contributed by atoms with Gasteiger partial charge >= 0.3 is 0 Å². The van der Waals surface area contributed by atoms with Gasteiger partial charge in [-0.3, -0.25) is 4.90 Å². The van der Waals surface area contributed by atoms with Gasteiger partial charge in [0.25, 0.3) is 0 Å². The highest BCUT2D eigenvalue weighted by Gasteiger charge is 2.24. The molecule has 0 spiro atoms. The third-order valence-corrected chi connectivity index (χ3v) is 3.68. The van der Waals surface area contributed by atoms with E-state index in [4.69, 9.17) is 0 Å². The van der Waals surface area contributed by atoms with Crippen LogP contribution < -0.4 is 10.2 Å². The second kappa shape index (κ2) is 6.11. The van der Waals surface area contributed by atoms with E-state index < -0.39 is 0 Å². The van der Waals surface area contributed by atoms with Crippen molar-refractivity contribution in [1.82, 2.24) is 20.2 Å². The van der Waals surface area contributed by atoms with E-state index in [1.54, 1.807) is 6.33 Å². The fourth-order valence-electron chi connectivity index (χ4n) is 2.53. The molecule has 100 valence electrons. The van der Waals surface area contributed by atoms with Gasteiger partial charge in [-0.25, -0.2) is 9.97 Å². The van der Waals surface area contributed by atoms with Crippen LogP contribution >= 0.6 is 0 Å². The highest BCUT2D eigenvalue weighted by molar-refractivity contribution is 5.46. The summed E-state index contributed by atoms with van der Waals surface area (Å²) in [6.45, 7) is 6.27. The van der Waals surface area contributed by atoms with Gasteiger partial charge in [0, 0.05) is 44.0 Å². The summed E-state index contributed by atoms with van der Waals surface area (Å²) in [5, 5.41) is 3.18. The Hall–Kier alpha value is -1.20. The Bertz CT molecular complexity index is 381. The monoisotopic (exact) mass is 249 g/mol. The average Bonchev–Trinajstić information content (AvgIpc) is 2.40. The minimum Gasteiger partial charge on any atom is -0.353 e. The Kier molecular flexibility index (Phi) is 4.49. The van der Waals surface area contributed by atoms with E-state index in [0.29, 0.717) is 6.04 Å². The standard InChI is InChI=1S/C13H23N5/c1-4-12-9-18(6-5-17(12)3)13-11(7-14-2)8-15-10-16-13/h8,10,12,14H,4-7,9H2,1-3H3. The zero-order valence-corrected chi connectivity index (χ0v) is 11.6. The predicted molar refractivity (Wildman–Crippen MR) is 73.7 cm³/mol. The maximum atomic E-state index is 4.47. The summed E-state index contributed by atoms with van der Waals surface area (Å²) >= 11 is 0. The summed E-state index contributed by atoms with van der Waals surface area (Å²) in [7, 11) is 4.16. The van der Waals surface area contributed by atoms with Crippen molar-refractivity contribution in [2.45, 2.75) is 25.9 Å². The van der Waals surface area contributed by atoms with Gasteiger partial charge in [0.05, 0.1) is 0 Å². The zero-order chi connectivity index (χ0) is 13.0. The predicted octanol–water partition coefficient (Wildman–Crippen LogP) is 0.726. The molecule has 1 N–H and O–H groups in total. The first-order valence-electron chi connectivity index (χ1n) is 6.65. The number of nitrogens with zero attached hydrogens (tertiary/aromatic N) is 4.